The zero-order valence-electron chi connectivity index (χ0n) is 11.6. The fourth-order valence-corrected chi connectivity index (χ4v) is 3.21. The Labute approximate surface area is 118 Å². The lowest BCUT2D eigenvalue weighted by Crippen LogP contribution is -2.32. The highest BCUT2D eigenvalue weighted by Gasteiger charge is 2.39. The van der Waals surface area contributed by atoms with Crippen LogP contribution >= 0.6 is 0 Å². The molecule has 4 heteroatoms. The molecule has 1 saturated heterocycles. The molecule has 0 radical (unpaired) electrons. The Balaban J connectivity index is 1.81. The minimum absolute atomic E-state index is 0.179. The first-order valence-corrected chi connectivity index (χ1v) is 7.34. The highest BCUT2D eigenvalue weighted by Crippen LogP contribution is 2.45. The first-order chi connectivity index (χ1) is 9.73. The number of aliphatic imine (C=N–C) groups is 1. The number of hydrogen-bond donors (Lipinski definition) is 0. The van der Waals surface area contributed by atoms with Crippen molar-refractivity contribution >= 4 is 6.08 Å². The summed E-state index contributed by atoms with van der Waals surface area (Å²) in [6.45, 7) is 2.79. The van der Waals surface area contributed by atoms with Crippen molar-refractivity contribution in [1.82, 2.24) is 4.90 Å². The Morgan fingerprint density at radius 1 is 1.25 bits per heavy atom. The molecule has 0 N–H and O–H groups in total. The summed E-state index contributed by atoms with van der Waals surface area (Å²) >= 11 is 0. The van der Waals surface area contributed by atoms with Crippen molar-refractivity contribution in [3.63, 3.8) is 0 Å². The molecule has 0 spiro atoms. The van der Waals surface area contributed by atoms with Crippen molar-refractivity contribution in [2.45, 2.75) is 44.2 Å². The van der Waals surface area contributed by atoms with Crippen LogP contribution in [0.25, 0.3) is 0 Å². The molecule has 1 aliphatic carbocycles. The quantitative estimate of drug-likeness (QED) is 0.624. The van der Waals surface area contributed by atoms with Crippen LogP contribution in [0.15, 0.2) is 23.2 Å². The molecule has 2 fully saturated rings. The summed E-state index contributed by atoms with van der Waals surface area (Å²) in [5.41, 5.74) is 1.05. The lowest BCUT2D eigenvalue weighted by molar-refractivity contribution is 0.254. The molecular formula is C16H19FN2O. The molecule has 1 aromatic carbocycles. The second kappa shape index (κ2) is 5.47. The van der Waals surface area contributed by atoms with E-state index in [0.29, 0.717) is 6.54 Å². The number of isocyanates is 1. The monoisotopic (exact) mass is 274 g/mol. The lowest BCUT2D eigenvalue weighted by Gasteiger charge is -2.37. The zero-order chi connectivity index (χ0) is 14.0. The van der Waals surface area contributed by atoms with Crippen molar-refractivity contribution in [1.29, 1.82) is 0 Å². The van der Waals surface area contributed by atoms with E-state index in [-0.39, 0.29) is 5.82 Å². The SMILES string of the molecule is O=C=NC1(c2ccc(CN3CCCC3)c(F)c2)CCC1. The van der Waals surface area contributed by atoms with Crippen molar-refractivity contribution in [2.24, 2.45) is 4.99 Å². The standard InChI is InChI=1S/C16H19FN2O/c17-15-10-14(16(18-12-20)6-3-7-16)5-4-13(15)11-19-8-1-2-9-19/h4-5,10H,1-3,6-9,11H2. The predicted octanol–water partition coefficient (Wildman–Crippen LogP) is 3.14. The third-order valence-electron chi connectivity index (χ3n) is 4.62. The van der Waals surface area contributed by atoms with Gasteiger partial charge in [0.15, 0.2) is 0 Å². The summed E-state index contributed by atoms with van der Waals surface area (Å²) in [5, 5.41) is 0. The molecule has 106 valence electrons. The van der Waals surface area contributed by atoms with Crippen molar-refractivity contribution in [2.75, 3.05) is 13.1 Å². The summed E-state index contributed by atoms with van der Waals surface area (Å²) in [6, 6.07) is 5.34. The Morgan fingerprint density at radius 2 is 2.00 bits per heavy atom. The molecule has 0 amide bonds. The van der Waals surface area contributed by atoms with E-state index in [1.54, 1.807) is 12.1 Å². The van der Waals surface area contributed by atoms with Crippen LogP contribution in [0.5, 0.6) is 0 Å². The zero-order valence-corrected chi connectivity index (χ0v) is 11.6. The van der Waals surface area contributed by atoms with Gasteiger partial charge in [-0.3, -0.25) is 4.90 Å². The van der Waals surface area contributed by atoms with E-state index in [4.69, 9.17) is 0 Å². The minimum atomic E-state index is -0.505. The highest BCUT2D eigenvalue weighted by molar-refractivity contribution is 5.40. The molecule has 0 aromatic heterocycles. The third-order valence-corrected chi connectivity index (χ3v) is 4.62. The molecule has 1 aromatic rings. The third kappa shape index (κ3) is 2.41. The summed E-state index contributed by atoms with van der Waals surface area (Å²) < 4.78 is 14.3. The Kier molecular flexibility index (Phi) is 3.68. The number of carbonyl (C=O) groups excluding carboxylic acids is 1. The topological polar surface area (TPSA) is 32.7 Å². The van der Waals surface area contributed by atoms with Gasteiger partial charge in [-0.2, -0.15) is 4.99 Å². The number of benzene rings is 1. The van der Waals surface area contributed by atoms with Gasteiger partial charge in [0.25, 0.3) is 0 Å². The minimum Gasteiger partial charge on any atom is -0.299 e. The van der Waals surface area contributed by atoms with Gasteiger partial charge in [0.1, 0.15) is 5.82 Å². The van der Waals surface area contributed by atoms with Crippen molar-refractivity contribution < 1.29 is 9.18 Å². The molecule has 0 unspecified atom stereocenters. The number of rotatable bonds is 4. The normalized spacial score (nSPS) is 21.2. The first kappa shape index (κ1) is 13.5. The molecule has 1 heterocycles. The van der Waals surface area contributed by atoms with E-state index in [9.17, 15) is 9.18 Å². The van der Waals surface area contributed by atoms with Gasteiger partial charge in [-0.1, -0.05) is 12.1 Å². The molecular weight excluding hydrogens is 255 g/mol. The van der Waals surface area contributed by atoms with Gasteiger partial charge in [0.05, 0.1) is 5.54 Å². The van der Waals surface area contributed by atoms with Gasteiger partial charge < -0.3 is 0 Å². The van der Waals surface area contributed by atoms with Gasteiger partial charge in [0.2, 0.25) is 6.08 Å². The van der Waals surface area contributed by atoms with Crippen molar-refractivity contribution in [3.8, 4) is 0 Å². The van der Waals surface area contributed by atoms with Crippen LogP contribution in [0.3, 0.4) is 0 Å². The molecule has 1 aliphatic heterocycles. The van der Waals surface area contributed by atoms with Gasteiger partial charge in [-0.25, -0.2) is 9.18 Å². The summed E-state index contributed by atoms with van der Waals surface area (Å²) in [7, 11) is 0. The van der Waals surface area contributed by atoms with Crippen LogP contribution in [-0.2, 0) is 16.9 Å². The van der Waals surface area contributed by atoms with Gasteiger partial charge >= 0.3 is 0 Å². The van der Waals surface area contributed by atoms with Gasteiger partial charge in [-0.05, 0) is 56.8 Å². The number of likely N-dealkylation sites (tertiary alicyclic amines) is 1. The second-order valence-corrected chi connectivity index (χ2v) is 5.88. The smallest absolute Gasteiger partial charge is 0.235 e. The summed E-state index contributed by atoms with van der Waals surface area (Å²) in [6.07, 6.45) is 6.71. The van der Waals surface area contributed by atoms with Crippen molar-refractivity contribution in [3.05, 3.63) is 35.1 Å². The number of hydrogen-bond acceptors (Lipinski definition) is 3. The molecule has 2 aliphatic rings. The maximum Gasteiger partial charge on any atom is 0.235 e. The van der Waals surface area contributed by atoms with E-state index < -0.39 is 5.54 Å². The first-order valence-electron chi connectivity index (χ1n) is 7.34. The average Bonchev–Trinajstić information content (AvgIpc) is 2.89. The fraction of sp³-hybridized carbons (Fsp3) is 0.562. The summed E-state index contributed by atoms with van der Waals surface area (Å²) in [4.78, 5) is 16.8. The van der Waals surface area contributed by atoms with E-state index in [0.717, 1.165) is 43.5 Å². The van der Waals surface area contributed by atoms with E-state index in [1.165, 1.54) is 12.8 Å². The van der Waals surface area contributed by atoms with E-state index >= 15 is 0 Å². The Bertz CT molecular complexity index is 541. The van der Waals surface area contributed by atoms with Crippen LogP contribution in [0.1, 0.15) is 43.2 Å². The van der Waals surface area contributed by atoms with Crippen LogP contribution in [-0.4, -0.2) is 24.1 Å². The molecule has 3 rings (SSSR count). The van der Waals surface area contributed by atoms with Gasteiger partial charge in [-0.15, -0.1) is 0 Å². The van der Waals surface area contributed by atoms with Crippen LogP contribution < -0.4 is 0 Å². The van der Waals surface area contributed by atoms with Gasteiger partial charge in [0, 0.05) is 12.1 Å². The number of halogens is 1. The van der Waals surface area contributed by atoms with E-state index in [1.807, 2.05) is 12.1 Å². The molecule has 1 saturated carbocycles. The van der Waals surface area contributed by atoms with E-state index in [2.05, 4.69) is 9.89 Å². The summed E-state index contributed by atoms with van der Waals surface area (Å²) in [5.74, 6) is -0.179. The largest absolute Gasteiger partial charge is 0.299 e. The molecule has 3 nitrogen and oxygen atoms in total. The fourth-order valence-electron chi connectivity index (χ4n) is 3.21. The maximum atomic E-state index is 14.3. The molecule has 0 atom stereocenters. The lowest BCUT2D eigenvalue weighted by atomic mass is 9.72. The molecule has 20 heavy (non-hydrogen) atoms. The van der Waals surface area contributed by atoms with Crippen LogP contribution in [0.4, 0.5) is 4.39 Å². The second-order valence-electron chi connectivity index (χ2n) is 5.88. The van der Waals surface area contributed by atoms with Crippen LogP contribution in [0, 0.1) is 5.82 Å². The Hall–Kier alpha value is -1.51. The Morgan fingerprint density at radius 3 is 2.55 bits per heavy atom. The van der Waals surface area contributed by atoms with Crippen LogP contribution in [0.2, 0.25) is 0 Å². The molecule has 0 bridgehead atoms. The number of nitrogens with zero attached hydrogens (tertiary/aromatic N) is 2. The average molecular weight is 274 g/mol. The maximum absolute atomic E-state index is 14.3. The highest BCUT2D eigenvalue weighted by atomic mass is 19.1. The predicted molar refractivity (Wildman–Crippen MR) is 74.6 cm³/mol.